The highest BCUT2D eigenvalue weighted by Gasteiger charge is 2.30. The summed E-state index contributed by atoms with van der Waals surface area (Å²) < 4.78 is 68.9. The largest absolute Gasteiger partial charge is 0.497 e. The Morgan fingerprint density at radius 1 is 0.921 bits per heavy atom. The fourth-order valence-corrected chi connectivity index (χ4v) is 5.94. The average Bonchev–Trinajstić information content (AvgIpc) is 2.91. The quantitative estimate of drug-likeness (QED) is 0.317. The molecular weight excluding hydrogens is 538 g/mol. The molecule has 1 fully saturated rings. The number of rotatable bonds is 11. The van der Waals surface area contributed by atoms with Gasteiger partial charge in [0.1, 0.15) is 11.5 Å². The van der Waals surface area contributed by atoms with E-state index >= 15 is 0 Å². The van der Waals surface area contributed by atoms with Gasteiger partial charge in [-0.15, -0.1) is 0 Å². The monoisotopic (exact) mass is 566 g/mol. The fraction of sp³-hybridized carbons (Fsp3) is 0.333. The van der Waals surface area contributed by atoms with Crippen LogP contribution in [0.2, 0.25) is 5.02 Å². The number of ether oxygens (including phenoxy) is 3. The maximum atomic E-state index is 13.1. The van der Waals surface area contributed by atoms with Crippen LogP contribution in [0.1, 0.15) is 17.2 Å². The van der Waals surface area contributed by atoms with Crippen LogP contribution in [-0.4, -0.2) is 64.1 Å². The average molecular weight is 567 g/mol. The normalized spacial score (nSPS) is 15.9. The first-order valence-corrected chi connectivity index (χ1v) is 13.8. The van der Waals surface area contributed by atoms with E-state index in [4.69, 9.17) is 21.1 Å². The molecule has 0 aromatic heterocycles. The maximum Gasteiger partial charge on any atom is 0.387 e. The Bertz CT molecular complexity index is 1320. The van der Waals surface area contributed by atoms with E-state index in [-0.39, 0.29) is 29.8 Å². The molecule has 0 radical (unpaired) electrons. The van der Waals surface area contributed by atoms with E-state index in [1.165, 1.54) is 22.5 Å². The molecule has 38 heavy (non-hydrogen) atoms. The van der Waals surface area contributed by atoms with Crippen LogP contribution in [-0.2, 0) is 21.4 Å². The van der Waals surface area contributed by atoms with Crippen LogP contribution in [0.15, 0.2) is 77.7 Å². The molecule has 3 aromatic rings. The van der Waals surface area contributed by atoms with Crippen molar-refractivity contribution in [3.8, 4) is 11.5 Å². The summed E-state index contributed by atoms with van der Waals surface area (Å²) in [6.07, 6.45) is -0.296. The van der Waals surface area contributed by atoms with Crippen LogP contribution in [0.3, 0.4) is 0 Å². The minimum absolute atomic E-state index is 0.0804. The molecule has 1 heterocycles. The third kappa shape index (κ3) is 7.42. The summed E-state index contributed by atoms with van der Waals surface area (Å²) in [6, 6.07) is 20.3. The van der Waals surface area contributed by atoms with Gasteiger partial charge in [-0.25, -0.2) is 8.42 Å². The molecule has 0 bridgehead atoms. The number of methoxy groups -OCH3 is 1. The number of hydrogen-bond acceptors (Lipinski definition) is 6. The Kier molecular flexibility index (Phi) is 9.56. The summed E-state index contributed by atoms with van der Waals surface area (Å²) in [4.78, 5) is 2.06. The highest BCUT2D eigenvalue weighted by Crippen LogP contribution is 2.27. The van der Waals surface area contributed by atoms with Gasteiger partial charge in [0.05, 0.1) is 24.7 Å². The van der Waals surface area contributed by atoms with E-state index < -0.39 is 16.6 Å². The first-order valence-electron chi connectivity index (χ1n) is 12.0. The van der Waals surface area contributed by atoms with Gasteiger partial charge in [-0.2, -0.15) is 13.1 Å². The van der Waals surface area contributed by atoms with Gasteiger partial charge in [0.2, 0.25) is 10.0 Å². The molecule has 0 saturated carbocycles. The Hall–Kier alpha value is -2.76. The lowest BCUT2D eigenvalue weighted by Gasteiger charge is -2.36. The number of hydrogen-bond donors (Lipinski definition) is 0. The molecule has 1 unspecified atom stereocenters. The molecule has 1 saturated heterocycles. The van der Waals surface area contributed by atoms with Crippen molar-refractivity contribution < 1.29 is 31.4 Å². The van der Waals surface area contributed by atoms with Gasteiger partial charge in [-0.05, 0) is 47.5 Å². The van der Waals surface area contributed by atoms with Crippen molar-refractivity contribution in [2.75, 3.05) is 39.8 Å². The van der Waals surface area contributed by atoms with Crippen molar-refractivity contribution in [1.29, 1.82) is 0 Å². The summed E-state index contributed by atoms with van der Waals surface area (Å²) in [6.45, 7) is -0.674. The van der Waals surface area contributed by atoms with E-state index in [1.807, 2.05) is 42.5 Å². The standard InChI is InChI=1S/C27H29ClF2N2O5S/c1-35-23-8-3-6-21(16-23)26(36-19-20-5-2-7-22(28)15-20)18-31-11-13-32(14-12-31)38(33,34)25-10-4-9-24(17-25)37-27(29)30/h2-10,15-17,26-27H,11-14,18-19H2,1H3. The molecule has 1 atom stereocenters. The Morgan fingerprint density at radius 3 is 2.34 bits per heavy atom. The Morgan fingerprint density at radius 2 is 1.63 bits per heavy atom. The third-order valence-electron chi connectivity index (χ3n) is 6.23. The Labute approximate surface area is 226 Å². The second-order valence-corrected chi connectivity index (χ2v) is 11.1. The highest BCUT2D eigenvalue weighted by molar-refractivity contribution is 7.89. The van der Waals surface area contributed by atoms with Crippen LogP contribution in [0, 0.1) is 0 Å². The molecule has 0 amide bonds. The lowest BCUT2D eigenvalue weighted by atomic mass is 10.1. The van der Waals surface area contributed by atoms with Gasteiger partial charge in [0, 0.05) is 43.8 Å². The summed E-state index contributed by atoms with van der Waals surface area (Å²) in [7, 11) is -2.26. The zero-order chi connectivity index (χ0) is 27.1. The van der Waals surface area contributed by atoms with E-state index in [2.05, 4.69) is 9.64 Å². The van der Waals surface area contributed by atoms with Gasteiger partial charge >= 0.3 is 6.61 Å². The molecular formula is C27H29ClF2N2O5S. The molecule has 0 N–H and O–H groups in total. The molecule has 0 aliphatic carbocycles. The van der Waals surface area contributed by atoms with Crippen molar-refractivity contribution in [2.24, 2.45) is 0 Å². The second kappa shape index (κ2) is 12.9. The highest BCUT2D eigenvalue weighted by atomic mass is 35.5. The van der Waals surface area contributed by atoms with Crippen molar-refractivity contribution in [3.63, 3.8) is 0 Å². The smallest absolute Gasteiger partial charge is 0.387 e. The molecule has 4 rings (SSSR count). The van der Waals surface area contributed by atoms with Gasteiger partial charge in [0.15, 0.2) is 0 Å². The van der Waals surface area contributed by atoms with Gasteiger partial charge in [0.25, 0.3) is 0 Å². The molecule has 3 aromatic carbocycles. The lowest BCUT2D eigenvalue weighted by molar-refractivity contribution is -0.0500. The topological polar surface area (TPSA) is 68.3 Å². The predicted molar refractivity (Wildman–Crippen MR) is 140 cm³/mol. The number of alkyl halides is 2. The summed E-state index contributed by atoms with van der Waals surface area (Å²) in [5.41, 5.74) is 1.89. The van der Waals surface area contributed by atoms with Crippen molar-refractivity contribution in [2.45, 2.75) is 24.2 Å². The second-order valence-electron chi connectivity index (χ2n) is 8.76. The van der Waals surface area contributed by atoms with Gasteiger partial charge < -0.3 is 14.2 Å². The fourth-order valence-electron chi connectivity index (χ4n) is 4.27. The van der Waals surface area contributed by atoms with Crippen LogP contribution in [0.4, 0.5) is 8.78 Å². The predicted octanol–water partition coefficient (Wildman–Crippen LogP) is 5.21. The van der Waals surface area contributed by atoms with Crippen LogP contribution >= 0.6 is 11.6 Å². The summed E-state index contributed by atoms with van der Waals surface area (Å²) in [5.74, 6) is 0.519. The molecule has 1 aliphatic heterocycles. The van der Waals surface area contributed by atoms with Crippen molar-refractivity contribution >= 4 is 21.6 Å². The van der Waals surface area contributed by atoms with Crippen LogP contribution in [0.25, 0.3) is 0 Å². The minimum atomic E-state index is -3.86. The first kappa shape index (κ1) is 28.3. The van der Waals surface area contributed by atoms with Crippen LogP contribution in [0.5, 0.6) is 11.5 Å². The molecule has 0 spiro atoms. The Balaban J connectivity index is 1.43. The summed E-state index contributed by atoms with van der Waals surface area (Å²) in [5, 5.41) is 0.632. The third-order valence-corrected chi connectivity index (χ3v) is 8.36. The summed E-state index contributed by atoms with van der Waals surface area (Å²) >= 11 is 6.12. The van der Waals surface area contributed by atoms with Gasteiger partial charge in [-0.3, -0.25) is 4.90 Å². The number of sulfonamides is 1. The zero-order valence-corrected chi connectivity index (χ0v) is 22.4. The molecule has 204 valence electrons. The SMILES string of the molecule is COc1cccc(C(CN2CCN(S(=O)(=O)c3cccc(OC(F)F)c3)CC2)OCc2cccc(Cl)c2)c1. The number of nitrogens with zero attached hydrogens (tertiary/aromatic N) is 2. The molecule has 11 heteroatoms. The van der Waals surface area contributed by atoms with Crippen molar-refractivity contribution in [1.82, 2.24) is 9.21 Å². The maximum absolute atomic E-state index is 13.1. The van der Waals surface area contributed by atoms with E-state index in [0.29, 0.717) is 37.0 Å². The molecule has 7 nitrogen and oxygen atoms in total. The first-order chi connectivity index (χ1) is 18.2. The van der Waals surface area contributed by atoms with Gasteiger partial charge in [-0.1, -0.05) is 41.9 Å². The zero-order valence-electron chi connectivity index (χ0n) is 20.8. The number of benzene rings is 3. The van der Waals surface area contributed by atoms with E-state index in [1.54, 1.807) is 13.2 Å². The number of halogens is 3. The van der Waals surface area contributed by atoms with E-state index in [9.17, 15) is 17.2 Å². The minimum Gasteiger partial charge on any atom is -0.497 e. The lowest BCUT2D eigenvalue weighted by Crippen LogP contribution is -2.49. The number of piperazine rings is 1. The van der Waals surface area contributed by atoms with Crippen LogP contribution < -0.4 is 9.47 Å². The van der Waals surface area contributed by atoms with Crippen molar-refractivity contribution in [3.05, 3.63) is 88.9 Å². The van der Waals surface area contributed by atoms with E-state index in [0.717, 1.165) is 17.2 Å². The molecule has 1 aliphatic rings.